The molecule has 0 aliphatic carbocycles. The van der Waals surface area contributed by atoms with E-state index in [-0.39, 0.29) is 0 Å². The van der Waals surface area contributed by atoms with Gasteiger partial charge in [0.05, 0.1) is 35.6 Å². The van der Waals surface area contributed by atoms with Crippen LogP contribution in [0.4, 0.5) is 17.3 Å². The summed E-state index contributed by atoms with van der Waals surface area (Å²) < 4.78 is 7.78. The van der Waals surface area contributed by atoms with Crippen molar-refractivity contribution in [2.75, 3.05) is 37.0 Å². The molecule has 4 aromatic rings. The number of imidazole rings is 1. The van der Waals surface area contributed by atoms with Crippen LogP contribution in [0.3, 0.4) is 0 Å². The van der Waals surface area contributed by atoms with E-state index in [0.717, 1.165) is 71.9 Å². The zero-order valence-electron chi connectivity index (χ0n) is 19.6. The lowest BCUT2D eigenvalue weighted by atomic mass is 10.0. The van der Waals surface area contributed by atoms with Gasteiger partial charge in [-0.3, -0.25) is 4.98 Å². The highest BCUT2D eigenvalue weighted by atomic mass is 16.5. The predicted molar refractivity (Wildman–Crippen MR) is 131 cm³/mol. The van der Waals surface area contributed by atoms with Crippen molar-refractivity contribution in [1.29, 1.82) is 0 Å². The Morgan fingerprint density at radius 2 is 1.91 bits per heavy atom. The normalized spacial score (nSPS) is 14.8. The van der Waals surface area contributed by atoms with E-state index in [1.165, 1.54) is 0 Å². The number of ether oxygens (including phenoxy) is 1. The van der Waals surface area contributed by atoms with E-state index in [9.17, 15) is 0 Å². The quantitative estimate of drug-likeness (QED) is 0.464. The molecule has 9 nitrogen and oxygen atoms in total. The molecule has 0 amide bonds. The second-order valence-electron chi connectivity index (χ2n) is 8.53. The molecule has 4 heterocycles. The fourth-order valence-corrected chi connectivity index (χ4v) is 4.69. The van der Waals surface area contributed by atoms with Crippen molar-refractivity contribution in [3.05, 3.63) is 42.2 Å². The number of hydrogen-bond donors (Lipinski definition) is 2. The van der Waals surface area contributed by atoms with Gasteiger partial charge in [0.2, 0.25) is 0 Å². The summed E-state index contributed by atoms with van der Waals surface area (Å²) in [5.41, 5.74) is 4.62. The molecule has 2 N–H and O–H groups in total. The second kappa shape index (κ2) is 8.82. The first-order chi connectivity index (χ1) is 16.1. The predicted octanol–water partition coefficient (Wildman–Crippen LogP) is 3.62. The summed E-state index contributed by atoms with van der Waals surface area (Å²) in [7, 11) is 1.69. The van der Waals surface area contributed by atoms with Crippen LogP contribution in [-0.4, -0.2) is 57.1 Å². The first-order valence-electron chi connectivity index (χ1n) is 11.5. The fourth-order valence-electron chi connectivity index (χ4n) is 4.69. The van der Waals surface area contributed by atoms with Gasteiger partial charge in [-0.1, -0.05) is 6.92 Å². The summed E-state index contributed by atoms with van der Waals surface area (Å²) in [4.78, 5) is 20.7. The molecule has 0 spiro atoms. The Morgan fingerprint density at radius 1 is 1.09 bits per heavy atom. The molecule has 5 rings (SSSR count). The Kier molecular flexibility index (Phi) is 5.72. The number of fused-ring (bicyclic) bond motifs is 2. The molecule has 172 valence electrons. The van der Waals surface area contributed by atoms with Gasteiger partial charge in [0.25, 0.3) is 0 Å². The van der Waals surface area contributed by atoms with Crippen LogP contribution in [0.25, 0.3) is 16.6 Å². The zero-order chi connectivity index (χ0) is 22.9. The van der Waals surface area contributed by atoms with Crippen molar-refractivity contribution in [2.45, 2.75) is 39.7 Å². The first kappa shape index (κ1) is 21.4. The summed E-state index contributed by atoms with van der Waals surface area (Å²) in [6, 6.07) is 4.81. The third-order valence-corrected chi connectivity index (χ3v) is 6.23. The molecule has 0 atom stereocenters. The number of methoxy groups -OCH3 is 1. The second-order valence-corrected chi connectivity index (χ2v) is 8.53. The number of piperidine rings is 1. The van der Waals surface area contributed by atoms with Gasteiger partial charge in [-0.25, -0.2) is 15.0 Å². The highest BCUT2D eigenvalue weighted by Gasteiger charge is 2.21. The Balaban J connectivity index is 1.48. The molecule has 0 saturated carbocycles. The molecule has 9 heteroatoms. The van der Waals surface area contributed by atoms with Gasteiger partial charge in [-0.05, 0) is 39.3 Å². The third kappa shape index (κ3) is 4.16. The van der Waals surface area contributed by atoms with Gasteiger partial charge < -0.3 is 24.7 Å². The van der Waals surface area contributed by atoms with Crippen LogP contribution in [0.2, 0.25) is 0 Å². The monoisotopic (exact) mass is 446 g/mol. The Bertz CT molecular complexity index is 1290. The van der Waals surface area contributed by atoms with E-state index in [1.54, 1.807) is 13.4 Å². The summed E-state index contributed by atoms with van der Waals surface area (Å²) in [6.45, 7) is 9.14. The Hall–Kier alpha value is -3.46. The van der Waals surface area contributed by atoms with Crippen LogP contribution < -0.4 is 20.3 Å². The third-order valence-electron chi connectivity index (χ3n) is 6.23. The molecule has 1 fully saturated rings. The van der Waals surface area contributed by atoms with Crippen LogP contribution in [0.1, 0.15) is 31.2 Å². The van der Waals surface area contributed by atoms with E-state index >= 15 is 0 Å². The lowest BCUT2D eigenvalue weighted by molar-refractivity contribution is 0.416. The minimum absolute atomic E-state index is 0.597. The lowest BCUT2D eigenvalue weighted by Gasteiger charge is -2.34. The van der Waals surface area contributed by atoms with Crippen molar-refractivity contribution in [3.8, 4) is 5.75 Å². The average Bonchev–Trinajstić information content (AvgIpc) is 3.22. The van der Waals surface area contributed by atoms with Crippen molar-refractivity contribution in [2.24, 2.45) is 0 Å². The molecular weight excluding hydrogens is 416 g/mol. The van der Waals surface area contributed by atoms with Crippen molar-refractivity contribution in [3.63, 3.8) is 0 Å². The van der Waals surface area contributed by atoms with Crippen molar-refractivity contribution >= 4 is 33.9 Å². The van der Waals surface area contributed by atoms with Crippen LogP contribution in [0, 0.1) is 13.8 Å². The van der Waals surface area contributed by atoms with E-state index in [2.05, 4.69) is 49.5 Å². The first-order valence-corrected chi connectivity index (χ1v) is 11.5. The zero-order valence-corrected chi connectivity index (χ0v) is 19.6. The molecule has 0 radical (unpaired) electrons. The Morgan fingerprint density at radius 3 is 2.67 bits per heavy atom. The number of hydrogen-bond acceptors (Lipinski definition) is 8. The summed E-state index contributed by atoms with van der Waals surface area (Å²) >= 11 is 0. The number of anilines is 3. The van der Waals surface area contributed by atoms with Gasteiger partial charge in [-0.15, -0.1) is 0 Å². The van der Waals surface area contributed by atoms with Crippen LogP contribution in [-0.2, 0) is 0 Å². The summed E-state index contributed by atoms with van der Waals surface area (Å²) in [5.74, 6) is 2.11. The van der Waals surface area contributed by atoms with E-state index < -0.39 is 0 Å². The maximum Gasteiger partial charge on any atom is 0.160 e. The number of aromatic nitrogens is 5. The molecule has 1 saturated heterocycles. The number of nitrogens with one attached hydrogen (secondary N) is 2. The Labute approximate surface area is 193 Å². The van der Waals surface area contributed by atoms with E-state index in [4.69, 9.17) is 9.72 Å². The summed E-state index contributed by atoms with van der Waals surface area (Å²) in [6.07, 6.45) is 7.75. The number of nitrogens with zero attached hydrogens (tertiary/aromatic N) is 6. The van der Waals surface area contributed by atoms with Crippen molar-refractivity contribution in [1.82, 2.24) is 29.7 Å². The highest BCUT2D eigenvalue weighted by molar-refractivity contribution is 5.97. The average molecular weight is 447 g/mol. The molecular formula is C24H30N8O. The molecule has 1 aromatic carbocycles. The fraction of sp³-hybridized carbons (Fsp3) is 0.417. The minimum atomic E-state index is 0.597. The van der Waals surface area contributed by atoms with Gasteiger partial charge in [0, 0.05) is 37.1 Å². The SMILES string of the molecule is CCNC1CCN(c2cc(OC)c3c(Nc4cn5cc(C)nc(C)c5n4)ncnc3c2)CC1. The minimum Gasteiger partial charge on any atom is -0.496 e. The van der Waals surface area contributed by atoms with Gasteiger partial charge in [0.1, 0.15) is 17.9 Å². The number of benzene rings is 1. The standard InChI is InChI=1S/C24H30N8O/c1-5-25-17-6-8-31(9-7-17)18-10-19-22(20(11-18)33-4)23(27-14-26-19)29-21-13-32-12-15(2)28-16(3)24(32)30-21/h10-14,17,25H,5-9H2,1-4H3,(H,26,27,29). The molecule has 1 aliphatic rings. The van der Waals surface area contributed by atoms with Gasteiger partial charge in [0.15, 0.2) is 11.5 Å². The summed E-state index contributed by atoms with van der Waals surface area (Å²) in [5, 5.41) is 7.77. The maximum atomic E-state index is 5.80. The maximum absolute atomic E-state index is 5.80. The van der Waals surface area contributed by atoms with Crippen LogP contribution in [0.15, 0.2) is 30.9 Å². The number of aryl methyl sites for hydroxylation is 2. The number of rotatable bonds is 6. The highest BCUT2D eigenvalue weighted by Crippen LogP contribution is 2.36. The van der Waals surface area contributed by atoms with E-state index in [0.29, 0.717) is 17.7 Å². The largest absolute Gasteiger partial charge is 0.496 e. The van der Waals surface area contributed by atoms with Gasteiger partial charge >= 0.3 is 0 Å². The molecule has 1 aliphatic heterocycles. The molecule has 0 bridgehead atoms. The topological polar surface area (TPSA) is 92.5 Å². The smallest absolute Gasteiger partial charge is 0.160 e. The molecule has 3 aromatic heterocycles. The van der Waals surface area contributed by atoms with Crippen LogP contribution >= 0.6 is 0 Å². The van der Waals surface area contributed by atoms with Crippen LogP contribution in [0.5, 0.6) is 5.75 Å². The lowest BCUT2D eigenvalue weighted by Crippen LogP contribution is -2.42. The van der Waals surface area contributed by atoms with Crippen molar-refractivity contribution < 1.29 is 4.74 Å². The molecule has 0 unspecified atom stereocenters. The van der Waals surface area contributed by atoms with E-state index in [1.807, 2.05) is 30.6 Å². The van der Waals surface area contributed by atoms with Gasteiger partial charge in [-0.2, -0.15) is 0 Å². The molecule has 33 heavy (non-hydrogen) atoms.